The summed E-state index contributed by atoms with van der Waals surface area (Å²) >= 11 is 0. The summed E-state index contributed by atoms with van der Waals surface area (Å²) in [6.07, 6.45) is -9.68. The number of hydrogen-bond donors (Lipinski definition) is 0. The van der Waals surface area contributed by atoms with Crippen LogP contribution in [0.5, 0.6) is 0 Å². The molecule has 0 aliphatic heterocycles. The first-order valence-electron chi connectivity index (χ1n) is 18.9. The van der Waals surface area contributed by atoms with Gasteiger partial charge in [0.15, 0.2) is 81.5 Å². The average molecular weight is 925 g/mol. The monoisotopic (exact) mass is 924 g/mol. The van der Waals surface area contributed by atoms with Gasteiger partial charge >= 0.3 is 12.4 Å². The van der Waals surface area contributed by atoms with E-state index >= 15 is 35.1 Å². The number of aromatic nitrogens is 6. The highest BCUT2D eigenvalue weighted by Crippen LogP contribution is 2.43. The SMILES string of the molecule is Cc1ccc(-c2nc(-c3ccc(C)cc3)nc(-c3c(F)c(F)c(-c4c(F)c(F)c(-c5nc(-c6ccc(C(F)(F)F)cc6)nc(-c6ccc(C(F)(F)F)cc6)n5)c(F)c4F)c(F)c3F)n2)cc1. The molecule has 0 saturated carbocycles. The molecule has 0 radical (unpaired) electrons. The molecule has 0 atom stereocenters. The molecule has 66 heavy (non-hydrogen) atoms. The summed E-state index contributed by atoms with van der Waals surface area (Å²) in [5.74, 6) is -24.3. The van der Waals surface area contributed by atoms with Gasteiger partial charge in [-0.05, 0) is 38.1 Å². The van der Waals surface area contributed by atoms with Crippen LogP contribution in [0.25, 0.3) is 79.5 Å². The third-order valence-electron chi connectivity index (χ3n) is 10.1. The number of benzene rings is 6. The Hall–Kier alpha value is -7.64. The number of nitrogens with zero attached hydrogens (tertiary/aromatic N) is 6. The van der Waals surface area contributed by atoms with Gasteiger partial charge in [0.1, 0.15) is 0 Å². The van der Waals surface area contributed by atoms with E-state index in [1.165, 1.54) is 24.3 Å². The van der Waals surface area contributed by atoms with E-state index in [1.54, 1.807) is 38.1 Å². The quantitative estimate of drug-likeness (QED) is 0.117. The highest BCUT2D eigenvalue weighted by molar-refractivity contribution is 5.77. The first kappa shape index (κ1) is 44.9. The predicted molar refractivity (Wildman–Crippen MR) is 210 cm³/mol. The van der Waals surface area contributed by atoms with Gasteiger partial charge in [-0.3, -0.25) is 0 Å². The summed E-state index contributed by atoms with van der Waals surface area (Å²) in [5.41, 5.74) is -8.82. The number of aryl methyl sites for hydroxylation is 2. The van der Waals surface area contributed by atoms with Crippen LogP contribution in [0.3, 0.4) is 0 Å². The number of alkyl halides is 6. The Balaban J connectivity index is 1.29. The predicted octanol–water partition coefficient (Wildman–Crippen LogP) is 13.5. The lowest BCUT2D eigenvalue weighted by molar-refractivity contribution is -0.138. The van der Waals surface area contributed by atoms with E-state index in [2.05, 4.69) is 29.9 Å². The highest BCUT2D eigenvalue weighted by Gasteiger charge is 2.37. The second kappa shape index (κ2) is 16.7. The summed E-state index contributed by atoms with van der Waals surface area (Å²) in [7, 11) is 0. The summed E-state index contributed by atoms with van der Waals surface area (Å²) in [5, 5.41) is 0. The van der Waals surface area contributed by atoms with Gasteiger partial charge < -0.3 is 0 Å². The van der Waals surface area contributed by atoms with Crippen molar-refractivity contribution in [3.63, 3.8) is 0 Å². The number of hydrogen-bond acceptors (Lipinski definition) is 6. The molecule has 20 heteroatoms. The van der Waals surface area contributed by atoms with Crippen LogP contribution in [0.1, 0.15) is 22.3 Å². The lowest BCUT2D eigenvalue weighted by Crippen LogP contribution is -2.12. The Bertz CT molecular complexity index is 2990. The maximum atomic E-state index is 16.2. The Morgan fingerprint density at radius 2 is 0.470 bits per heavy atom. The molecule has 0 unspecified atom stereocenters. The van der Waals surface area contributed by atoms with Gasteiger partial charge in [0.2, 0.25) is 0 Å². The van der Waals surface area contributed by atoms with Crippen LogP contribution in [0.4, 0.5) is 61.5 Å². The van der Waals surface area contributed by atoms with Crippen LogP contribution in [-0.2, 0) is 12.4 Å². The fourth-order valence-electron chi connectivity index (χ4n) is 6.61. The molecule has 334 valence electrons. The van der Waals surface area contributed by atoms with Crippen LogP contribution in [-0.4, -0.2) is 29.9 Å². The van der Waals surface area contributed by atoms with E-state index < -0.39 is 116 Å². The van der Waals surface area contributed by atoms with Crippen LogP contribution < -0.4 is 0 Å². The van der Waals surface area contributed by atoms with Crippen LogP contribution >= 0.6 is 0 Å². The molecule has 2 aromatic heterocycles. The van der Waals surface area contributed by atoms with Crippen molar-refractivity contribution in [2.24, 2.45) is 0 Å². The van der Waals surface area contributed by atoms with E-state index in [4.69, 9.17) is 0 Å². The van der Waals surface area contributed by atoms with E-state index in [0.29, 0.717) is 24.3 Å². The van der Waals surface area contributed by atoms with Gasteiger partial charge in [0.05, 0.1) is 33.4 Å². The molecule has 6 nitrogen and oxygen atoms in total. The average Bonchev–Trinajstić information content (AvgIpc) is 3.29. The second-order valence-electron chi connectivity index (χ2n) is 14.5. The summed E-state index contributed by atoms with van der Waals surface area (Å²) in [6, 6.07) is 18.0. The van der Waals surface area contributed by atoms with Crippen molar-refractivity contribution in [3.05, 3.63) is 166 Å². The third kappa shape index (κ3) is 8.29. The second-order valence-corrected chi connectivity index (χ2v) is 14.5. The Morgan fingerprint density at radius 3 is 0.697 bits per heavy atom. The molecule has 0 saturated heterocycles. The molecule has 0 bridgehead atoms. The number of rotatable bonds is 7. The third-order valence-corrected chi connectivity index (χ3v) is 10.1. The Labute approximate surface area is 362 Å². The van der Waals surface area contributed by atoms with Gasteiger partial charge in [-0.15, -0.1) is 0 Å². The van der Waals surface area contributed by atoms with Crippen LogP contribution in [0.15, 0.2) is 97.1 Å². The molecule has 0 N–H and O–H groups in total. The molecule has 0 aliphatic carbocycles. The molecule has 2 heterocycles. The first-order chi connectivity index (χ1) is 31.1. The molecule has 0 aliphatic rings. The zero-order valence-corrected chi connectivity index (χ0v) is 33.2. The summed E-state index contributed by atoms with van der Waals surface area (Å²) < 4.78 is 209. The standard InChI is InChI=1S/C46H22F14N6/c1-19-3-7-21(8-4-19)39-61-40(22-9-5-20(2)6-10-22)64-43(63-39)29-35(51)31(47)27(32(48)36(29)52)28-33(49)37(53)30(38(54)34(28)50)44-65-41(23-11-15-25(16-12-23)45(55,56)57)62-42(66-44)24-13-17-26(18-14-24)46(58,59)60/h3-18H,1-2H3. The van der Waals surface area contributed by atoms with Crippen LogP contribution in [0, 0.1) is 60.4 Å². The highest BCUT2D eigenvalue weighted by atomic mass is 19.4. The topological polar surface area (TPSA) is 77.3 Å². The Kier molecular flexibility index (Phi) is 11.4. The van der Waals surface area contributed by atoms with E-state index in [9.17, 15) is 26.3 Å². The van der Waals surface area contributed by atoms with Crippen molar-refractivity contribution < 1.29 is 61.5 Å². The lowest BCUT2D eigenvalue weighted by Gasteiger charge is -2.16. The largest absolute Gasteiger partial charge is 0.416 e. The van der Waals surface area contributed by atoms with Gasteiger partial charge in [-0.25, -0.2) is 65.0 Å². The van der Waals surface area contributed by atoms with Gasteiger partial charge in [-0.1, -0.05) is 83.9 Å². The van der Waals surface area contributed by atoms with Crippen LogP contribution in [0.2, 0.25) is 0 Å². The Morgan fingerprint density at radius 1 is 0.273 bits per heavy atom. The molecule has 0 amide bonds. The molecular weight excluding hydrogens is 903 g/mol. The summed E-state index contributed by atoms with van der Waals surface area (Å²) in [6.45, 7) is 3.51. The van der Waals surface area contributed by atoms with Gasteiger partial charge in [0, 0.05) is 22.3 Å². The zero-order valence-electron chi connectivity index (χ0n) is 33.2. The normalized spacial score (nSPS) is 11.9. The van der Waals surface area contributed by atoms with Crippen molar-refractivity contribution >= 4 is 0 Å². The first-order valence-corrected chi connectivity index (χ1v) is 18.9. The van der Waals surface area contributed by atoms with E-state index in [-0.39, 0.29) is 33.9 Å². The smallest absolute Gasteiger partial charge is 0.208 e. The van der Waals surface area contributed by atoms with Crippen molar-refractivity contribution in [2.75, 3.05) is 0 Å². The maximum Gasteiger partial charge on any atom is 0.416 e. The molecule has 6 aromatic carbocycles. The lowest BCUT2D eigenvalue weighted by atomic mass is 9.97. The van der Waals surface area contributed by atoms with Gasteiger partial charge in [-0.2, -0.15) is 26.3 Å². The molecule has 8 rings (SSSR count). The zero-order chi connectivity index (χ0) is 47.6. The molecular formula is C46H22F14N6. The van der Waals surface area contributed by atoms with Crippen molar-refractivity contribution in [2.45, 2.75) is 26.2 Å². The molecule has 8 aromatic rings. The minimum Gasteiger partial charge on any atom is -0.208 e. The van der Waals surface area contributed by atoms with Crippen molar-refractivity contribution in [1.82, 2.24) is 29.9 Å². The fraction of sp³-hybridized carbons (Fsp3) is 0.0870. The number of halogens is 14. The minimum absolute atomic E-state index is 0.225. The van der Waals surface area contributed by atoms with Crippen molar-refractivity contribution in [3.8, 4) is 79.5 Å². The summed E-state index contributed by atoms with van der Waals surface area (Å²) in [4.78, 5) is 23.9. The van der Waals surface area contributed by atoms with E-state index in [0.717, 1.165) is 35.4 Å². The van der Waals surface area contributed by atoms with Crippen molar-refractivity contribution in [1.29, 1.82) is 0 Å². The van der Waals surface area contributed by atoms with E-state index in [1.807, 2.05) is 0 Å². The maximum absolute atomic E-state index is 16.2. The molecule has 0 fully saturated rings. The molecule has 0 spiro atoms. The fourth-order valence-corrected chi connectivity index (χ4v) is 6.61. The minimum atomic E-state index is -4.84. The van der Waals surface area contributed by atoms with Gasteiger partial charge in [0.25, 0.3) is 0 Å².